The Balaban J connectivity index is 2.52. The van der Waals surface area contributed by atoms with Gasteiger partial charge in [-0.15, -0.1) is 0 Å². The molecule has 16 heavy (non-hydrogen) atoms. The summed E-state index contributed by atoms with van der Waals surface area (Å²) < 4.78 is 5.67. The summed E-state index contributed by atoms with van der Waals surface area (Å²) in [5, 5.41) is 0. The number of aryl methyl sites for hydroxylation is 1. The molecule has 0 spiro atoms. The summed E-state index contributed by atoms with van der Waals surface area (Å²) in [4.78, 5) is 2.30. The van der Waals surface area contributed by atoms with E-state index in [0.29, 0.717) is 6.54 Å². The summed E-state index contributed by atoms with van der Waals surface area (Å²) in [6.45, 7) is 9.00. The van der Waals surface area contributed by atoms with Gasteiger partial charge in [0.05, 0.1) is 6.54 Å². The van der Waals surface area contributed by atoms with Crippen LogP contribution in [-0.4, -0.2) is 18.5 Å². The maximum atomic E-state index is 5.67. The Morgan fingerprint density at radius 1 is 1.50 bits per heavy atom. The zero-order chi connectivity index (χ0) is 12.1. The SMILES string of the molecule is CCC(C)CN(C)Cc1cc(CN)c(C)o1. The van der Waals surface area contributed by atoms with Gasteiger partial charge in [-0.3, -0.25) is 4.90 Å². The van der Waals surface area contributed by atoms with Crippen molar-refractivity contribution in [3.63, 3.8) is 0 Å². The maximum absolute atomic E-state index is 5.67. The van der Waals surface area contributed by atoms with Gasteiger partial charge in [0.15, 0.2) is 0 Å². The summed E-state index contributed by atoms with van der Waals surface area (Å²) in [6.07, 6.45) is 1.22. The fourth-order valence-electron chi connectivity index (χ4n) is 1.86. The van der Waals surface area contributed by atoms with Gasteiger partial charge < -0.3 is 10.2 Å². The molecule has 1 heterocycles. The van der Waals surface area contributed by atoms with Crippen LogP contribution in [0, 0.1) is 12.8 Å². The van der Waals surface area contributed by atoms with Gasteiger partial charge in [-0.1, -0.05) is 20.3 Å². The molecule has 0 bridgehead atoms. The van der Waals surface area contributed by atoms with E-state index in [-0.39, 0.29) is 0 Å². The first-order valence-electron chi connectivity index (χ1n) is 6.03. The van der Waals surface area contributed by atoms with Crippen molar-refractivity contribution in [2.45, 2.75) is 40.3 Å². The lowest BCUT2D eigenvalue weighted by Crippen LogP contribution is -2.23. The number of hydrogen-bond acceptors (Lipinski definition) is 3. The summed E-state index contributed by atoms with van der Waals surface area (Å²) in [6, 6.07) is 2.07. The van der Waals surface area contributed by atoms with Crippen LogP contribution < -0.4 is 5.73 Å². The second-order valence-electron chi connectivity index (χ2n) is 4.71. The Kier molecular flexibility index (Phi) is 5.03. The van der Waals surface area contributed by atoms with E-state index in [9.17, 15) is 0 Å². The molecule has 92 valence electrons. The molecule has 0 aliphatic heterocycles. The number of rotatable bonds is 6. The highest BCUT2D eigenvalue weighted by Crippen LogP contribution is 2.16. The molecule has 3 heteroatoms. The first kappa shape index (κ1) is 13.3. The molecule has 0 saturated heterocycles. The molecular formula is C13H24N2O. The lowest BCUT2D eigenvalue weighted by Gasteiger charge is -2.18. The van der Waals surface area contributed by atoms with E-state index in [1.165, 1.54) is 6.42 Å². The molecule has 1 unspecified atom stereocenters. The predicted octanol–water partition coefficient (Wildman–Crippen LogP) is 2.52. The van der Waals surface area contributed by atoms with Crippen molar-refractivity contribution >= 4 is 0 Å². The van der Waals surface area contributed by atoms with Gasteiger partial charge >= 0.3 is 0 Å². The van der Waals surface area contributed by atoms with Crippen molar-refractivity contribution in [1.29, 1.82) is 0 Å². The lowest BCUT2D eigenvalue weighted by atomic mass is 10.1. The second-order valence-corrected chi connectivity index (χ2v) is 4.71. The number of nitrogens with two attached hydrogens (primary N) is 1. The fraction of sp³-hybridized carbons (Fsp3) is 0.692. The first-order chi connectivity index (χ1) is 7.56. The third-order valence-electron chi connectivity index (χ3n) is 3.04. The van der Waals surface area contributed by atoms with Gasteiger partial charge in [-0.25, -0.2) is 0 Å². The molecule has 0 aliphatic carbocycles. The summed E-state index contributed by atoms with van der Waals surface area (Å²) in [5.41, 5.74) is 6.74. The van der Waals surface area contributed by atoms with E-state index in [4.69, 9.17) is 10.2 Å². The third-order valence-corrected chi connectivity index (χ3v) is 3.04. The van der Waals surface area contributed by atoms with Crippen molar-refractivity contribution < 1.29 is 4.42 Å². The number of hydrogen-bond donors (Lipinski definition) is 1. The molecule has 1 rings (SSSR count). The summed E-state index contributed by atoms with van der Waals surface area (Å²) in [7, 11) is 2.13. The van der Waals surface area contributed by atoms with Crippen LogP contribution >= 0.6 is 0 Å². The molecule has 0 amide bonds. The van der Waals surface area contributed by atoms with Gasteiger partial charge in [0.1, 0.15) is 11.5 Å². The monoisotopic (exact) mass is 224 g/mol. The summed E-state index contributed by atoms with van der Waals surface area (Å²) >= 11 is 0. The highest BCUT2D eigenvalue weighted by molar-refractivity contribution is 5.20. The van der Waals surface area contributed by atoms with Gasteiger partial charge in [-0.05, 0) is 26.0 Å². The van der Waals surface area contributed by atoms with Gasteiger partial charge in [0.2, 0.25) is 0 Å². The van der Waals surface area contributed by atoms with Crippen LogP contribution in [0.1, 0.15) is 37.4 Å². The van der Waals surface area contributed by atoms with Gasteiger partial charge in [-0.2, -0.15) is 0 Å². The van der Waals surface area contributed by atoms with E-state index in [0.717, 1.165) is 36.1 Å². The van der Waals surface area contributed by atoms with Crippen LogP contribution in [0.5, 0.6) is 0 Å². The Labute approximate surface area is 98.6 Å². The minimum absolute atomic E-state index is 0.560. The number of nitrogens with zero attached hydrogens (tertiary/aromatic N) is 1. The maximum Gasteiger partial charge on any atom is 0.118 e. The van der Waals surface area contributed by atoms with Crippen LogP contribution in [-0.2, 0) is 13.1 Å². The molecule has 0 aromatic carbocycles. The minimum Gasteiger partial charge on any atom is -0.465 e. The molecule has 0 saturated carbocycles. The average Bonchev–Trinajstić information content (AvgIpc) is 2.58. The quantitative estimate of drug-likeness (QED) is 0.807. The van der Waals surface area contributed by atoms with Crippen LogP contribution in [0.15, 0.2) is 10.5 Å². The molecule has 0 fully saturated rings. The van der Waals surface area contributed by atoms with Gasteiger partial charge in [0.25, 0.3) is 0 Å². The Hall–Kier alpha value is -0.800. The molecular weight excluding hydrogens is 200 g/mol. The molecule has 3 nitrogen and oxygen atoms in total. The molecule has 1 atom stereocenters. The van der Waals surface area contributed by atoms with Crippen LogP contribution in [0.4, 0.5) is 0 Å². The smallest absolute Gasteiger partial charge is 0.118 e. The average molecular weight is 224 g/mol. The summed E-state index contributed by atoms with van der Waals surface area (Å²) in [5.74, 6) is 2.70. The van der Waals surface area contributed by atoms with Gasteiger partial charge in [0, 0.05) is 18.7 Å². The van der Waals surface area contributed by atoms with Crippen LogP contribution in [0.25, 0.3) is 0 Å². The molecule has 1 aromatic heterocycles. The Morgan fingerprint density at radius 2 is 2.19 bits per heavy atom. The van der Waals surface area contributed by atoms with Crippen LogP contribution in [0.2, 0.25) is 0 Å². The zero-order valence-electron chi connectivity index (χ0n) is 10.9. The van der Waals surface area contributed by atoms with Crippen molar-refractivity contribution in [1.82, 2.24) is 4.90 Å². The van der Waals surface area contributed by atoms with Crippen molar-refractivity contribution in [3.8, 4) is 0 Å². The minimum atomic E-state index is 0.560. The number of furan rings is 1. The largest absolute Gasteiger partial charge is 0.465 e. The molecule has 0 radical (unpaired) electrons. The van der Waals surface area contributed by atoms with Crippen molar-refractivity contribution in [2.24, 2.45) is 11.7 Å². The Bertz CT molecular complexity index is 320. The highest BCUT2D eigenvalue weighted by Gasteiger charge is 2.10. The van der Waals surface area contributed by atoms with E-state index in [1.807, 2.05) is 6.92 Å². The highest BCUT2D eigenvalue weighted by atomic mass is 16.3. The van der Waals surface area contributed by atoms with E-state index < -0.39 is 0 Å². The van der Waals surface area contributed by atoms with E-state index in [1.54, 1.807) is 0 Å². The van der Waals surface area contributed by atoms with Crippen LogP contribution in [0.3, 0.4) is 0 Å². The standard InChI is InChI=1S/C13H24N2O/c1-5-10(2)8-15(4)9-13-6-12(7-14)11(3)16-13/h6,10H,5,7-9,14H2,1-4H3. The van der Waals surface area contributed by atoms with E-state index >= 15 is 0 Å². The van der Waals surface area contributed by atoms with Crippen molar-refractivity contribution in [3.05, 3.63) is 23.2 Å². The normalized spacial score (nSPS) is 13.4. The van der Waals surface area contributed by atoms with E-state index in [2.05, 4.69) is 31.9 Å². The van der Waals surface area contributed by atoms with Crippen molar-refractivity contribution in [2.75, 3.05) is 13.6 Å². The topological polar surface area (TPSA) is 42.4 Å². The predicted molar refractivity (Wildman–Crippen MR) is 67.1 cm³/mol. The second kappa shape index (κ2) is 6.06. The lowest BCUT2D eigenvalue weighted by molar-refractivity contribution is 0.253. The third kappa shape index (κ3) is 3.65. The first-order valence-corrected chi connectivity index (χ1v) is 6.03. The molecule has 0 aliphatic rings. The molecule has 2 N–H and O–H groups in total. The fourth-order valence-corrected chi connectivity index (χ4v) is 1.86. The molecule has 1 aromatic rings. The zero-order valence-corrected chi connectivity index (χ0v) is 10.9. The Morgan fingerprint density at radius 3 is 2.69 bits per heavy atom.